The van der Waals surface area contributed by atoms with Crippen molar-refractivity contribution in [2.75, 3.05) is 0 Å². The molecule has 0 aliphatic heterocycles. The third-order valence-electron chi connectivity index (χ3n) is 6.37. The van der Waals surface area contributed by atoms with Gasteiger partial charge in [-0.15, -0.1) is 0 Å². The number of carboxylic acids is 1. The second-order valence-electron chi connectivity index (χ2n) is 8.43. The fourth-order valence-electron chi connectivity index (χ4n) is 5.21. The molecule has 0 bridgehead atoms. The molecule has 0 spiro atoms. The summed E-state index contributed by atoms with van der Waals surface area (Å²) >= 11 is 0. The maximum Gasteiger partial charge on any atom is 0.314 e. The number of phenols is 1. The van der Waals surface area contributed by atoms with Gasteiger partial charge < -0.3 is 10.2 Å². The van der Waals surface area contributed by atoms with E-state index < -0.39 is 11.4 Å². The minimum Gasteiger partial charge on any atom is -0.508 e. The molecule has 1 saturated carbocycles. The zero-order valence-corrected chi connectivity index (χ0v) is 14.6. The van der Waals surface area contributed by atoms with E-state index in [0.717, 1.165) is 42.4 Å². The van der Waals surface area contributed by atoms with Gasteiger partial charge in [0.05, 0.1) is 5.41 Å². The summed E-state index contributed by atoms with van der Waals surface area (Å²) < 4.78 is 0. The molecule has 0 saturated heterocycles. The van der Waals surface area contributed by atoms with Crippen LogP contribution in [0.4, 0.5) is 0 Å². The smallest absolute Gasteiger partial charge is 0.314 e. The van der Waals surface area contributed by atoms with Gasteiger partial charge in [-0.3, -0.25) is 4.79 Å². The molecule has 2 atom stereocenters. The van der Waals surface area contributed by atoms with Crippen molar-refractivity contribution in [3.8, 4) is 5.75 Å². The van der Waals surface area contributed by atoms with Gasteiger partial charge >= 0.3 is 5.97 Å². The molecular formula is C20H28O3. The Morgan fingerprint density at radius 2 is 1.96 bits per heavy atom. The Labute approximate surface area is 138 Å². The summed E-state index contributed by atoms with van der Waals surface area (Å²) in [5.41, 5.74) is 2.12. The number of benzene rings is 1. The Kier molecular flexibility index (Phi) is 3.74. The monoisotopic (exact) mass is 316 g/mol. The van der Waals surface area contributed by atoms with Crippen LogP contribution in [-0.2, 0) is 16.6 Å². The average molecular weight is 316 g/mol. The van der Waals surface area contributed by atoms with Gasteiger partial charge in [-0.2, -0.15) is 0 Å². The van der Waals surface area contributed by atoms with Crippen molar-refractivity contribution < 1.29 is 15.0 Å². The van der Waals surface area contributed by atoms with Gasteiger partial charge in [-0.05, 0) is 65.7 Å². The van der Waals surface area contributed by atoms with E-state index in [-0.39, 0.29) is 23.0 Å². The van der Waals surface area contributed by atoms with Crippen molar-refractivity contribution in [3.63, 3.8) is 0 Å². The summed E-state index contributed by atoms with van der Waals surface area (Å²) in [7, 11) is 0. The Hall–Kier alpha value is -1.51. The first kappa shape index (κ1) is 16.4. The number of carbonyl (C=O) groups is 1. The summed E-state index contributed by atoms with van der Waals surface area (Å²) in [5, 5.41) is 20.7. The molecule has 0 radical (unpaired) electrons. The topological polar surface area (TPSA) is 57.5 Å². The molecule has 2 aliphatic carbocycles. The van der Waals surface area contributed by atoms with Crippen LogP contribution in [0.25, 0.3) is 0 Å². The number of carboxylic acid groups (broad SMARTS) is 1. The van der Waals surface area contributed by atoms with Crippen LogP contribution in [0.15, 0.2) is 12.1 Å². The van der Waals surface area contributed by atoms with Crippen LogP contribution in [0.5, 0.6) is 5.75 Å². The van der Waals surface area contributed by atoms with Crippen molar-refractivity contribution in [1.82, 2.24) is 0 Å². The summed E-state index contributed by atoms with van der Waals surface area (Å²) in [6.07, 6.45) is 4.54. The predicted octanol–water partition coefficient (Wildman–Crippen LogP) is 4.61. The first-order valence-corrected chi connectivity index (χ1v) is 8.80. The van der Waals surface area contributed by atoms with Crippen LogP contribution in [0.1, 0.15) is 76.0 Å². The van der Waals surface area contributed by atoms with Gasteiger partial charge in [-0.1, -0.05) is 40.2 Å². The Bertz CT molecular complexity index is 645. The van der Waals surface area contributed by atoms with Crippen LogP contribution in [0, 0.1) is 11.3 Å². The lowest BCUT2D eigenvalue weighted by atomic mass is 9.49. The van der Waals surface area contributed by atoms with Crippen LogP contribution in [0.2, 0.25) is 0 Å². The van der Waals surface area contributed by atoms with Gasteiger partial charge in [0.15, 0.2) is 0 Å². The molecule has 2 aliphatic rings. The highest BCUT2D eigenvalue weighted by Crippen LogP contribution is 2.58. The molecule has 1 aromatic carbocycles. The molecule has 0 heterocycles. The lowest BCUT2D eigenvalue weighted by Crippen LogP contribution is -2.54. The van der Waals surface area contributed by atoms with E-state index in [2.05, 4.69) is 33.8 Å². The van der Waals surface area contributed by atoms with Crippen LogP contribution < -0.4 is 0 Å². The molecule has 2 unspecified atom stereocenters. The van der Waals surface area contributed by atoms with E-state index in [4.69, 9.17) is 0 Å². The molecule has 2 N–H and O–H groups in total. The molecule has 23 heavy (non-hydrogen) atoms. The number of rotatable bonds is 2. The number of aryl methyl sites for hydroxylation is 1. The molecular weight excluding hydrogens is 288 g/mol. The SMILES string of the molecule is CC(C)c1cc2c(cc1O)C1(C(=O)O)CCCC(C)(C)C1CC2. The van der Waals surface area contributed by atoms with E-state index in [0.29, 0.717) is 6.42 Å². The van der Waals surface area contributed by atoms with Crippen molar-refractivity contribution in [1.29, 1.82) is 0 Å². The van der Waals surface area contributed by atoms with Gasteiger partial charge in [0.2, 0.25) is 0 Å². The summed E-state index contributed by atoms with van der Waals surface area (Å²) in [4.78, 5) is 12.4. The van der Waals surface area contributed by atoms with E-state index in [1.54, 1.807) is 6.07 Å². The Morgan fingerprint density at radius 1 is 1.26 bits per heavy atom. The van der Waals surface area contributed by atoms with E-state index in [1.165, 1.54) is 0 Å². The third kappa shape index (κ3) is 2.28. The average Bonchev–Trinajstić information content (AvgIpc) is 2.45. The minimum atomic E-state index is -0.831. The third-order valence-corrected chi connectivity index (χ3v) is 6.37. The van der Waals surface area contributed by atoms with Crippen LogP contribution >= 0.6 is 0 Å². The molecule has 0 aromatic heterocycles. The number of aliphatic carboxylic acids is 1. The van der Waals surface area contributed by atoms with Crippen molar-refractivity contribution in [2.24, 2.45) is 11.3 Å². The fraction of sp³-hybridized carbons (Fsp3) is 0.650. The lowest BCUT2D eigenvalue weighted by Gasteiger charge is -2.53. The van der Waals surface area contributed by atoms with E-state index >= 15 is 0 Å². The lowest BCUT2D eigenvalue weighted by molar-refractivity contribution is -0.152. The summed E-state index contributed by atoms with van der Waals surface area (Å²) in [5.74, 6) is -0.0871. The first-order valence-electron chi connectivity index (χ1n) is 8.80. The predicted molar refractivity (Wildman–Crippen MR) is 91.0 cm³/mol. The molecule has 1 aromatic rings. The molecule has 3 nitrogen and oxygen atoms in total. The second kappa shape index (κ2) is 5.25. The van der Waals surface area contributed by atoms with E-state index in [1.807, 2.05) is 0 Å². The molecule has 0 amide bonds. The number of aromatic hydroxyl groups is 1. The number of hydrogen-bond donors (Lipinski definition) is 2. The van der Waals surface area contributed by atoms with Crippen LogP contribution in [0.3, 0.4) is 0 Å². The second-order valence-corrected chi connectivity index (χ2v) is 8.43. The Morgan fingerprint density at radius 3 is 2.57 bits per heavy atom. The zero-order valence-electron chi connectivity index (χ0n) is 14.6. The maximum atomic E-state index is 12.4. The van der Waals surface area contributed by atoms with Crippen LogP contribution in [-0.4, -0.2) is 16.2 Å². The van der Waals surface area contributed by atoms with Crippen molar-refractivity contribution in [3.05, 3.63) is 28.8 Å². The van der Waals surface area contributed by atoms with E-state index in [9.17, 15) is 15.0 Å². The quantitative estimate of drug-likeness (QED) is 0.837. The largest absolute Gasteiger partial charge is 0.508 e. The number of fused-ring (bicyclic) bond motifs is 3. The van der Waals surface area contributed by atoms with Gasteiger partial charge in [0, 0.05) is 0 Å². The maximum absolute atomic E-state index is 12.4. The highest BCUT2D eigenvalue weighted by atomic mass is 16.4. The number of phenolic OH excluding ortho intramolecular Hbond substituents is 1. The molecule has 126 valence electrons. The van der Waals surface area contributed by atoms with Gasteiger partial charge in [-0.25, -0.2) is 0 Å². The highest BCUT2D eigenvalue weighted by molar-refractivity contribution is 5.84. The standard InChI is InChI=1S/C20H28O3/c1-12(2)14-10-13-6-7-17-19(3,4)8-5-9-20(17,18(22)23)15(13)11-16(14)21/h10-12,17,21H,5-9H2,1-4H3,(H,22,23). The van der Waals surface area contributed by atoms with Crippen molar-refractivity contribution in [2.45, 2.75) is 71.1 Å². The molecule has 1 fully saturated rings. The first-order chi connectivity index (χ1) is 10.7. The summed E-state index contributed by atoms with van der Waals surface area (Å²) in [6, 6.07) is 3.82. The molecule has 3 heteroatoms. The fourth-order valence-corrected chi connectivity index (χ4v) is 5.21. The zero-order chi connectivity index (χ0) is 17.0. The minimum absolute atomic E-state index is 0.0284. The Balaban J connectivity index is 2.23. The van der Waals surface area contributed by atoms with Gasteiger partial charge in [0.1, 0.15) is 5.75 Å². The van der Waals surface area contributed by atoms with Gasteiger partial charge in [0.25, 0.3) is 0 Å². The highest BCUT2D eigenvalue weighted by Gasteiger charge is 2.57. The summed E-state index contributed by atoms with van der Waals surface area (Å²) in [6.45, 7) is 8.54. The number of hydrogen-bond acceptors (Lipinski definition) is 2. The molecule has 3 rings (SSSR count). The van der Waals surface area contributed by atoms with Crippen molar-refractivity contribution >= 4 is 5.97 Å². The normalized spacial score (nSPS) is 29.0.